The van der Waals surface area contributed by atoms with Crippen LogP contribution >= 0.6 is 0 Å². The van der Waals surface area contributed by atoms with Gasteiger partial charge >= 0.3 is 5.97 Å². The minimum Gasteiger partial charge on any atom is -0.462 e. The Morgan fingerprint density at radius 1 is 1.32 bits per heavy atom. The van der Waals surface area contributed by atoms with Crippen LogP contribution in [0.4, 0.5) is 0 Å². The molecule has 0 spiro atoms. The summed E-state index contributed by atoms with van der Waals surface area (Å²) in [7, 11) is 0. The van der Waals surface area contributed by atoms with Crippen molar-refractivity contribution in [2.75, 3.05) is 0 Å². The molecule has 0 aromatic heterocycles. The van der Waals surface area contributed by atoms with Crippen LogP contribution in [-0.2, 0) is 9.53 Å². The highest BCUT2D eigenvalue weighted by Gasteiger charge is 2.46. The highest BCUT2D eigenvalue weighted by atomic mass is 16.5. The normalized spacial score (nSPS) is 46.5. The first-order chi connectivity index (χ1) is 11.7. The molecule has 0 radical (unpaired) electrons. The lowest BCUT2D eigenvalue weighted by Crippen LogP contribution is -2.36. The molecular weight excluding hydrogens is 272 g/mol. The summed E-state index contributed by atoms with van der Waals surface area (Å²) in [6.45, 7) is 6.44. The van der Waals surface area contributed by atoms with E-state index in [1.165, 1.54) is 0 Å². The molecule has 6 atom stereocenters. The number of ether oxygens (including phenoxy) is 1. The number of hydrogen-bond donors (Lipinski definition) is 0. The molecule has 0 unspecified atom stereocenters. The second kappa shape index (κ2) is 6.44. The first-order valence-corrected chi connectivity index (χ1v) is 8.41. The number of carbonyl (C=O) groups is 1. The molecule has 2 aliphatic carbocycles. The third kappa shape index (κ3) is 3.37. The van der Waals surface area contributed by atoms with Crippen LogP contribution in [0.5, 0.6) is 0 Å². The minimum atomic E-state index is -1.84. The van der Waals surface area contributed by atoms with Gasteiger partial charge in [-0.05, 0) is 48.4 Å². The summed E-state index contributed by atoms with van der Waals surface area (Å²) in [6.07, 6.45) is 1.65. The Morgan fingerprint density at radius 3 is 2.73 bits per heavy atom. The standard InChI is InChI=1S/C20H28O2/c1-13(2)16-10-9-14(3)11-19(16)22-20(21)18-12-17(18)15-7-5-4-6-8-15/h4-8,13-14,16-19H,9-12H2,1-3H3/t14-,16+,17-,18+,19-/m1/s1/i12D,17D,18D/t12-,14+,16-,17+,18-,19+/m0. The molecule has 0 bridgehead atoms. The summed E-state index contributed by atoms with van der Waals surface area (Å²) in [6, 6.07) is 8.82. The van der Waals surface area contributed by atoms with E-state index in [-0.39, 0.29) is 6.10 Å². The van der Waals surface area contributed by atoms with E-state index in [9.17, 15) is 4.79 Å². The van der Waals surface area contributed by atoms with Crippen molar-refractivity contribution >= 4 is 5.97 Å². The zero-order valence-corrected chi connectivity index (χ0v) is 13.7. The maximum absolute atomic E-state index is 12.8. The number of benzene rings is 1. The van der Waals surface area contributed by atoms with Crippen molar-refractivity contribution in [1.29, 1.82) is 0 Å². The van der Waals surface area contributed by atoms with Crippen LogP contribution in [0.3, 0.4) is 0 Å². The van der Waals surface area contributed by atoms with E-state index >= 15 is 0 Å². The van der Waals surface area contributed by atoms with Gasteiger partial charge in [0.25, 0.3) is 0 Å². The lowest BCUT2D eigenvalue weighted by Gasteiger charge is -2.36. The number of carbonyl (C=O) groups excluding carboxylic acids is 1. The monoisotopic (exact) mass is 303 g/mol. The second-order valence-electron chi connectivity index (χ2n) is 7.11. The van der Waals surface area contributed by atoms with Gasteiger partial charge in [0.1, 0.15) is 6.10 Å². The van der Waals surface area contributed by atoms with Crippen molar-refractivity contribution < 1.29 is 13.6 Å². The minimum absolute atomic E-state index is 0.203. The molecule has 0 amide bonds. The van der Waals surface area contributed by atoms with E-state index in [4.69, 9.17) is 8.85 Å². The average Bonchev–Trinajstić information content (AvgIpc) is 3.04. The Bertz CT molecular complexity index is 635. The summed E-state index contributed by atoms with van der Waals surface area (Å²) in [4.78, 5) is 12.8. The Kier molecular flexibility index (Phi) is 3.56. The van der Waals surface area contributed by atoms with Gasteiger partial charge in [0, 0.05) is 4.11 Å². The van der Waals surface area contributed by atoms with Crippen LogP contribution in [0.15, 0.2) is 30.3 Å². The predicted octanol–water partition coefficient (Wildman–Crippen LogP) is 4.79. The molecule has 3 rings (SSSR count). The fourth-order valence-corrected chi connectivity index (χ4v) is 3.58. The molecule has 2 heteroatoms. The highest BCUT2D eigenvalue weighted by molar-refractivity contribution is 5.77. The van der Waals surface area contributed by atoms with Crippen molar-refractivity contribution in [1.82, 2.24) is 0 Å². The highest BCUT2D eigenvalue weighted by Crippen LogP contribution is 2.49. The van der Waals surface area contributed by atoms with Crippen LogP contribution in [0.25, 0.3) is 0 Å². The maximum atomic E-state index is 12.8. The summed E-state index contributed by atoms with van der Waals surface area (Å²) < 4.78 is 31.1. The van der Waals surface area contributed by atoms with E-state index in [0.29, 0.717) is 23.3 Å². The van der Waals surface area contributed by atoms with E-state index < -0.39 is 24.2 Å². The van der Waals surface area contributed by atoms with E-state index in [0.717, 1.165) is 19.3 Å². The van der Waals surface area contributed by atoms with Crippen molar-refractivity contribution in [2.45, 2.75) is 58.4 Å². The van der Waals surface area contributed by atoms with Gasteiger partial charge in [-0.1, -0.05) is 57.5 Å². The number of esters is 1. The average molecular weight is 303 g/mol. The topological polar surface area (TPSA) is 26.3 Å². The molecular formula is C20H28O2. The van der Waals surface area contributed by atoms with Crippen molar-refractivity contribution in [3.8, 4) is 0 Å². The molecule has 0 saturated heterocycles. The van der Waals surface area contributed by atoms with Crippen LogP contribution in [0.2, 0.25) is 0 Å². The molecule has 2 saturated carbocycles. The molecule has 0 N–H and O–H groups in total. The molecule has 2 nitrogen and oxygen atoms in total. The van der Waals surface area contributed by atoms with Gasteiger partial charge < -0.3 is 4.74 Å². The molecule has 2 aliphatic rings. The summed E-state index contributed by atoms with van der Waals surface area (Å²) in [5.41, 5.74) is 0.541. The van der Waals surface area contributed by atoms with E-state index in [2.05, 4.69) is 20.8 Å². The lowest BCUT2D eigenvalue weighted by molar-refractivity contribution is -0.157. The van der Waals surface area contributed by atoms with Crippen LogP contribution < -0.4 is 0 Å². The Hall–Kier alpha value is -1.31. The van der Waals surface area contributed by atoms with Gasteiger partial charge in [0.2, 0.25) is 0 Å². The van der Waals surface area contributed by atoms with Crippen LogP contribution in [0.1, 0.15) is 62.0 Å². The maximum Gasteiger partial charge on any atom is 0.309 e. The predicted molar refractivity (Wildman–Crippen MR) is 88.5 cm³/mol. The third-order valence-corrected chi connectivity index (χ3v) is 5.02. The molecule has 22 heavy (non-hydrogen) atoms. The van der Waals surface area contributed by atoms with Gasteiger partial charge in [0.05, 0.1) is 5.89 Å². The van der Waals surface area contributed by atoms with E-state index in [1.807, 2.05) is 6.07 Å². The molecule has 1 aromatic rings. The van der Waals surface area contributed by atoms with Gasteiger partial charge in [-0.15, -0.1) is 0 Å². The van der Waals surface area contributed by atoms with Crippen molar-refractivity contribution in [2.24, 2.45) is 23.6 Å². The van der Waals surface area contributed by atoms with Crippen molar-refractivity contribution in [3.05, 3.63) is 35.9 Å². The van der Waals surface area contributed by atoms with Crippen LogP contribution in [0, 0.1) is 23.6 Å². The summed E-state index contributed by atoms with van der Waals surface area (Å²) in [5.74, 6) is -2.88. The van der Waals surface area contributed by atoms with Crippen molar-refractivity contribution in [3.63, 3.8) is 0 Å². The molecule has 120 valence electrons. The van der Waals surface area contributed by atoms with Gasteiger partial charge in [0.15, 0.2) is 0 Å². The zero-order valence-electron chi connectivity index (χ0n) is 16.7. The Morgan fingerprint density at radius 2 is 2.05 bits per heavy atom. The zero-order chi connectivity index (χ0) is 18.4. The van der Waals surface area contributed by atoms with E-state index in [1.54, 1.807) is 24.3 Å². The fourth-order valence-electron chi connectivity index (χ4n) is 3.58. The summed E-state index contributed by atoms with van der Waals surface area (Å²) in [5, 5.41) is 0. The van der Waals surface area contributed by atoms with Crippen LogP contribution in [-0.4, -0.2) is 12.1 Å². The van der Waals surface area contributed by atoms with Gasteiger partial charge in [-0.25, -0.2) is 0 Å². The quantitative estimate of drug-likeness (QED) is 0.747. The number of hydrogen-bond acceptors (Lipinski definition) is 2. The molecule has 1 aromatic carbocycles. The lowest BCUT2D eigenvalue weighted by atomic mass is 9.75. The smallest absolute Gasteiger partial charge is 0.309 e. The number of rotatable bonds is 4. The Labute approximate surface area is 138 Å². The molecule has 0 heterocycles. The second-order valence-corrected chi connectivity index (χ2v) is 7.11. The first kappa shape index (κ1) is 12.2. The Balaban J connectivity index is 1.79. The molecule has 2 fully saturated rings. The van der Waals surface area contributed by atoms with Gasteiger partial charge in [-0.3, -0.25) is 4.79 Å². The fraction of sp³-hybridized carbons (Fsp3) is 0.650. The largest absolute Gasteiger partial charge is 0.462 e. The third-order valence-electron chi connectivity index (χ3n) is 5.02. The first-order valence-electron chi connectivity index (χ1n) is 9.99. The van der Waals surface area contributed by atoms with Gasteiger partial charge in [-0.2, -0.15) is 0 Å². The SMILES string of the molecule is [2H][C@@H]1[C@]([2H])(C(=O)O[C@@H]2C[C@H](C)CC[C@H]2C(C)C)[C@@]1([2H])c1ccccc1. The molecule has 0 aliphatic heterocycles. The summed E-state index contributed by atoms with van der Waals surface area (Å²) >= 11 is 0.